The first-order valence-electron chi connectivity index (χ1n) is 7.61. The maximum absolute atomic E-state index is 12.1. The van der Waals surface area contributed by atoms with Gasteiger partial charge in [-0.1, -0.05) is 41.9 Å². The van der Waals surface area contributed by atoms with E-state index in [-0.39, 0.29) is 22.0 Å². The molecule has 1 aromatic heterocycles. The van der Waals surface area contributed by atoms with E-state index in [0.717, 1.165) is 11.6 Å². The van der Waals surface area contributed by atoms with Crippen molar-refractivity contribution >= 4 is 29.1 Å². The molecule has 9 nitrogen and oxygen atoms in total. The van der Waals surface area contributed by atoms with Gasteiger partial charge in [0.1, 0.15) is 5.69 Å². The van der Waals surface area contributed by atoms with Gasteiger partial charge in [0.05, 0.1) is 21.2 Å². The molecule has 3 rings (SSSR count). The third-order valence-corrected chi connectivity index (χ3v) is 3.92. The fourth-order valence-corrected chi connectivity index (χ4v) is 2.45. The van der Waals surface area contributed by atoms with Gasteiger partial charge in [0.25, 0.3) is 17.5 Å². The Kier molecular flexibility index (Phi) is 5.13. The molecule has 0 fully saturated rings. The van der Waals surface area contributed by atoms with Gasteiger partial charge in [-0.05, 0) is 12.1 Å². The highest BCUT2D eigenvalue weighted by Crippen LogP contribution is 2.22. The highest BCUT2D eigenvalue weighted by Gasteiger charge is 2.17. The van der Waals surface area contributed by atoms with E-state index >= 15 is 0 Å². The third kappa shape index (κ3) is 4.10. The summed E-state index contributed by atoms with van der Waals surface area (Å²) in [6.45, 7) is 0. The van der Waals surface area contributed by atoms with Crippen LogP contribution in [-0.4, -0.2) is 26.9 Å². The molecular formula is C17H12ClN5O4. The van der Waals surface area contributed by atoms with Crippen LogP contribution in [-0.2, 0) is 0 Å². The number of non-ortho nitro benzene ring substituents is 1. The maximum atomic E-state index is 12.1. The van der Waals surface area contributed by atoms with Crippen LogP contribution in [0.2, 0.25) is 5.02 Å². The van der Waals surface area contributed by atoms with E-state index in [1.807, 2.05) is 30.3 Å². The molecule has 0 saturated heterocycles. The van der Waals surface area contributed by atoms with E-state index in [0.29, 0.717) is 5.69 Å². The number of nitro benzene ring substituents is 1. The number of H-pyrrole nitrogens is 1. The Morgan fingerprint density at radius 3 is 2.44 bits per heavy atom. The fourth-order valence-electron chi connectivity index (χ4n) is 2.24. The summed E-state index contributed by atoms with van der Waals surface area (Å²) in [5.74, 6) is -1.43. The Balaban J connectivity index is 1.68. The van der Waals surface area contributed by atoms with Crippen molar-refractivity contribution in [2.75, 3.05) is 0 Å². The van der Waals surface area contributed by atoms with Crippen molar-refractivity contribution in [3.05, 3.63) is 81.0 Å². The lowest BCUT2D eigenvalue weighted by atomic mass is 10.1. The van der Waals surface area contributed by atoms with Gasteiger partial charge >= 0.3 is 0 Å². The number of aromatic nitrogens is 2. The molecule has 2 amide bonds. The van der Waals surface area contributed by atoms with E-state index in [1.165, 1.54) is 18.2 Å². The summed E-state index contributed by atoms with van der Waals surface area (Å²) in [4.78, 5) is 34.4. The molecule has 0 aliphatic heterocycles. The number of nitro groups is 1. The van der Waals surface area contributed by atoms with Crippen LogP contribution in [0.15, 0.2) is 54.6 Å². The van der Waals surface area contributed by atoms with E-state index in [1.54, 1.807) is 0 Å². The number of amides is 2. The number of carbonyl (C=O) groups is 2. The van der Waals surface area contributed by atoms with Gasteiger partial charge in [-0.2, -0.15) is 5.10 Å². The number of rotatable bonds is 4. The van der Waals surface area contributed by atoms with Crippen LogP contribution in [0.25, 0.3) is 11.3 Å². The maximum Gasteiger partial charge on any atom is 0.287 e. The van der Waals surface area contributed by atoms with Gasteiger partial charge < -0.3 is 0 Å². The topological polar surface area (TPSA) is 130 Å². The van der Waals surface area contributed by atoms with Crippen molar-refractivity contribution in [1.82, 2.24) is 21.0 Å². The van der Waals surface area contributed by atoms with Gasteiger partial charge in [0, 0.05) is 17.7 Å². The zero-order chi connectivity index (χ0) is 19.4. The summed E-state index contributed by atoms with van der Waals surface area (Å²) < 4.78 is 0. The Bertz CT molecular complexity index is 1020. The average Bonchev–Trinajstić information content (AvgIpc) is 3.17. The average molecular weight is 386 g/mol. The van der Waals surface area contributed by atoms with E-state index < -0.39 is 16.7 Å². The summed E-state index contributed by atoms with van der Waals surface area (Å²) in [5.41, 5.74) is 5.43. The van der Waals surface area contributed by atoms with Crippen LogP contribution < -0.4 is 10.9 Å². The molecule has 0 atom stereocenters. The van der Waals surface area contributed by atoms with Crippen molar-refractivity contribution in [1.29, 1.82) is 0 Å². The Labute approximate surface area is 157 Å². The van der Waals surface area contributed by atoms with Crippen LogP contribution in [0, 0.1) is 10.1 Å². The summed E-state index contributed by atoms with van der Waals surface area (Å²) in [5, 5.41) is 17.4. The van der Waals surface area contributed by atoms with Crippen LogP contribution in [0.5, 0.6) is 0 Å². The van der Waals surface area contributed by atoms with Crippen molar-refractivity contribution in [2.24, 2.45) is 0 Å². The second kappa shape index (κ2) is 7.67. The standard InChI is InChI=1S/C17H12ClN5O4/c18-13-7-6-11(23(26)27)8-12(13)16(24)21-22-17(25)15-9-14(19-20-15)10-4-2-1-3-5-10/h1-9H,(H,19,20)(H,21,24)(H,22,25). The molecule has 0 saturated carbocycles. The molecular weight excluding hydrogens is 374 g/mol. The monoisotopic (exact) mass is 385 g/mol. The lowest BCUT2D eigenvalue weighted by Gasteiger charge is -2.07. The molecule has 1 heterocycles. The molecule has 0 aliphatic carbocycles. The van der Waals surface area contributed by atoms with E-state index in [2.05, 4.69) is 21.0 Å². The molecule has 0 spiro atoms. The number of halogens is 1. The van der Waals surface area contributed by atoms with Crippen molar-refractivity contribution in [2.45, 2.75) is 0 Å². The van der Waals surface area contributed by atoms with E-state index in [4.69, 9.17) is 11.6 Å². The highest BCUT2D eigenvalue weighted by atomic mass is 35.5. The fraction of sp³-hybridized carbons (Fsp3) is 0. The lowest BCUT2D eigenvalue weighted by Crippen LogP contribution is -2.41. The third-order valence-electron chi connectivity index (χ3n) is 3.59. The van der Waals surface area contributed by atoms with Crippen LogP contribution in [0.4, 0.5) is 5.69 Å². The molecule has 3 N–H and O–H groups in total. The smallest absolute Gasteiger partial charge is 0.272 e. The zero-order valence-corrected chi connectivity index (χ0v) is 14.4. The first-order valence-corrected chi connectivity index (χ1v) is 7.99. The SMILES string of the molecule is O=C(NNC(=O)c1cc([N+](=O)[O-])ccc1Cl)c1cc(-c2ccccc2)n[nH]1. The van der Waals surface area contributed by atoms with Gasteiger partial charge in [0.15, 0.2) is 0 Å². The largest absolute Gasteiger partial charge is 0.287 e. The van der Waals surface area contributed by atoms with Crippen LogP contribution >= 0.6 is 11.6 Å². The number of hydrogen-bond donors (Lipinski definition) is 3. The van der Waals surface area contributed by atoms with Crippen LogP contribution in [0.1, 0.15) is 20.8 Å². The minimum atomic E-state index is -0.792. The number of hydrazine groups is 1. The molecule has 0 bridgehead atoms. The summed E-state index contributed by atoms with van der Waals surface area (Å²) in [7, 11) is 0. The molecule has 27 heavy (non-hydrogen) atoms. The minimum absolute atomic E-state index is 0.0141. The lowest BCUT2D eigenvalue weighted by molar-refractivity contribution is -0.384. The van der Waals surface area contributed by atoms with Crippen molar-refractivity contribution in [3.63, 3.8) is 0 Å². The summed E-state index contributed by atoms with van der Waals surface area (Å²) >= 11 is 5.89. The number of hydrogen-bond acceptors (Lipinski definition) is 5. The number of aromatic amines is 1. The van der Waals surface area contributed by atoms with E-state index in [9.17, 15) is 19.7 Å². The Morgan fingerprint density at radius 2 is 1.74 bits per heavy atom. The Hall–Kier alpha value is -3.72. The number of benzene rings is 2. The van der Waals surface area contributed by atoms with Gasteiger partial charge in [-0.3, -0.25) is 35.7 Å². The number of nitrogens with one attached hydrogen (secondary N) is 3. The number of carbonyl (C=O) groups excluding carboxylic acids is 2. The second-order valence-electron chi connectivity index (χ2n) is 5.36. The molecule has 0 radical (unpaired) electrons. The quantitative estimate of drug-likeness (QED) is 0.469. The second-order valence-corrected chi connectivity index (χ2v) is 5.77. The van der Waals surface area contributed by atoms with Gasteiger partial charge in [0.2, 0.25) is 0 Å². The minimum Gasteiger partial charge on any atom is -0.272 e. The van der Waals surface area contributed by atoms with Crippen molar-refractivity contribution < 1.29 is 14.5 Å². The molecule has 2 aromatic carbocycles. The molecule has 3 aromatic rings. The van der Waals surface area contributed by atoms with Gasteiger partial charge in [-0.15, -0.1) is 0 Å². The predicted molar refractivity (Wildman–Crippen MR) is 97.1 cm³/mol. The number of nitrogens with zero attached hydrogens (tertiary/aromatic N) is 2. The first kappa shape index (κ1) is 18.1. The normalized spacial score (nSPS) is 10.3. The summed E-state index contributed by atoms with van der Waals surface area (Å²) in [6, 6.07) is 14.2. The first-order chi connectivity index (χ1) is 13.0. The zero-order valence-electron chi connectivity index (χ0n) is 13.6. The molecule has 10 heteroatoms. The molecule has 0 aliphatic rings. The predicted octanol–water partition coefficient (Wildman–Crippen LogP) is 2.71. The van der Waals surface area contributed by atoms with Crippen molar-refractivity contribution in [3.8, 4) is 11.3 Å². The highest BCUT2D eigenvalue weighted by molar-refractivity contribution is 6.34. The Morgan fingerprint density at radius 1 is 1.04 bits per heavy atom. The molecule has 136 valence electrons. The van der Waals surface area contributed by atoms with Gasteiger partial charge in [-0.25, -0.2) is 0 Å². The molecule has 0 unspecified atom stereocenters. The summed E-state index contributed by atoms with van der Waals surface area (Å²) in [6.07, 6.45) is 0. The van der Waals surface area contributed by atoms with Crippen LogP contribution in [0.3, 0.4) is 0 Å².